The van der Waals surface area contributed by atoms with Crippen molar-refractivity contribution in [3.05, 3.63) is 58.9 Å². The summed E-state index contributed by atoms with van der Waals surface area (Å²) in [5.74, 6) is 0.619. The molecule has 3 aromatic rings. The summed E-state index contributed by atoms with van der Waals surface area (Å²) in [6, 6.07) is 8.47. The fourth-order valence-corrected chi connectivity index (χ4v) is 3.70. The van der Waals surface area contributed by atoms with E-state index in [0.717, 1.165) is 44.5 Å². The molecule has 1 aromatic heterocycles. The van der Waals surface area contributed by atoms with E-state index in [0.29, 0.717) is 6.54 Å². The molecule has 28 heavy (non-hydrogen) atoms. The summed E-state index contributed by atoms with van der Waals surface area (Å²) in [5.41, 5.74) is 8.10. The number of fused-ring (bicyclic) bond motifs is 1. The highest BCUT2D eigenvalue weighted by Crippen LogP contribution is 2.41. The Balaban J connectivity index is 2.24. The van der Waals surface area contributed by atoms with Crippen molar-refractivity contribution in [1.29, 1.82) is 0 Å². The summed E-state index contributed by atoms with van der Waals surface area (Å²) in [6.07, 6.45) is 3.42. The lowest BCUT2D eigenvalue weighted by Gasteiger charge is -2.13. The summed E-state index contributed by atoms with van der Waals surface area (Å²) in [5, 5.41) is 3.82. The van der Waals surface area contributed by atoms with Crippen LogP contribution in [0.1, 0.15) is 36.1 Å². The first-order chi connectivity index (χ1) is 13.4. The Morgan fingerprint density at radius 1 is 1.18 bits per heavy atom. The minimum absolute atomic E-state index is 0.110. The summed E-state index contributed by atoms with van der Waals surface area (Å²) in [7, 11) is 1.64. The SMILES string of the molecule is CCNC(=O)/C=C(\C)c1cc2c(-c3ccc(C)cc3C)coc2c(C)c1OC. The molecule has 0 unspecified atom stereocenters. The predicted octanol–water partition coefficient (Wildman–Crippen LogP) is 5.57. The van der Waals surface area contributed by atoms with Crippen LogP contribution in [0.15, 0.2) is 41.0 Å². The van der Waals surface area contributed by atoms with Gasteiger partial charge in [-0.15, -0.1) is 0 Å². The largest absolute Gasteiger partial charge is 0.496 e. The number of likely N-dealkylation sites (N-methyl/N-ethyl adjacent to an activating group) is 1. The third kappa shape index (κ3) is 3.55. The third-order valence-corrected chi connectivity index (χ3v) is 5.04. The van der Waals surface area contributed by atoms with Gasteiger partial charge < -0.3 is 14.5 Å². The summed E-state index contributed by atoms with van der Waals surface area (Å²) in [4.78, 5) is 12.0. The molecule has 4 nitrogen and oxygen atoms in total. The zero-order chi connectivity index (χ0) is 20.4. The number of aryl methyl sites for hydroxylation is 3. The van der Waals surface area contributed by atoms with Crippen LogP contribution >= 0.6 is 0 Å². The molecule has 1 amide bonds. The third-order valence-electron chi connectivity index (χ3n) is 5.04. The van der Waals surface area contributed by atoms with Crippen LogP contribution in [-0.4, -0.2) is 19.6 Å². The molecule has 0 aliphatic rings. The maximum Gasteiger partial charge on any atom is 0.244 e. The number of rotatable bonds is 5. The van der Waals surface area contributed by atoms with Gasteiger partial charge in [-0.2, -0.15) is 0 Å². The van der Waals surface area contributed by atoms with Gasteiger partial charge in [-0.3, -0.25) is 4.79 Å². The number of hydrogen-bond acceptors (Lipinski definition) is 3. The fraction of sp³-hybridized carbons (Fsp3) is 0.292. The van der Waals surface area contributed by atoms with E-state index < -0.39 is 0 Å². The van der Waals surface area contributed by atoms with Crippen molar-refractivity contribution >= 4 is 22.4 Å². The smallest absolute Gasteiger partial charge is 0.244 e. The molecule has 2 aromatic carbocycles. The van der Waals surface area contributed by atoms with Crippen molar-refractivity contribution in [3.8, 4) is 16.9 Å². The molecule has 4 heteroatoms. The van der Waals surface area contributed by atoms with Crippen molar-refractivity contribution in [3.63, 3.8) is 0 Å². The Bertz CT molecular complexity index is 1070. The normalized spacial score (nSPS) is 11.7. The van der Waals surface area contributed by atoms with Gasteiger partial charge in [0.25, 0.3) is 0 Å². The molecule has 1 heterocycles. The van der Waals surface area contributed by atoms with Gasteiger partial charge in [-0.25, -0.2) is 0 Å². The van der Waals surface area contributed by atoms with Crippen LogP contribution in [0.25, 0.3) is 27.7 Å². The molecule has 0 bridgehead atoms. The van der Waals surface area contributed by atoms with Gasteiger partial charge >= 0.3 is 0 Å². The zero-order valence-corrected chi connectivity index (χ0v) is 17.4. The summed E-state index contributed by atoms with van der Waals surface area (Å²) < 4.78 is 11.6. The number of methoxy groups -OCH3 is 1. The lowest BCUT2D eigenvalue weighted by molar-refractivity contribution is -0.116. The number of allylic oxidation sites excluding steroid dienone is 1. The van der Waals surface area contributed by atoms with Gasteiger partial charge in [0.05, 0.1) is 13.4 Å². The van der Waals surface area contributed by atoms with Crippen LogP contribution in [0, 0.1) is 20.8 Å². The molecule has 146 valence electrons. The molecule has 0 aliphatic heterocycles. The molecule has 0 atom stereocenters. The highest BCUT2D eigenvalue weighted by molar-refractivity contribution is 6.02. The Labute approximate surface area is 166 Å². The van der Waals surface area contributed by atoms with E-state index in [1.165, 1.54) is 11.1 Å². The van der Waals surface area contributed by atoms with E-state index in [9.17, 15) is 4.79 Å². The van der Waals surface area contributed by atoms with Crippen molar-refractivity contribution in [2.24, 2.45) is 0 Å². The Kier molecular flexibility index (Phi) is 5.59. The minimum atomic E-state index is -0.110. The number of ether oxygens (including phenoxy) is 1. The number of nitrogens with one attached hydrogen (secondary N) is 1. The second-order valence-corrected chi connectivity index (χ2v) is 7.15. The topological polar surface area (TPSA) is 51.5 Å². The molecular weight excluding hydrogens is 350 g/mol. The first-order valence-electron chi connectivity index (χ1n) is 9.50. The first-order valence-corrected chi connectivity index (χ1v) is 9.50. The number of carbonyl (C=O) groups excluding carboxylic acids is 1. The van der Waals surface area contributed by atoms with Crippen LogP contribution in [0.5, 0.6) is 5.75 Å². The highest BCUT2D eigenvalue weighted by atomic mass is 16.5. The highest BCUT2D eigenvalue weighted by Gasteiger charge is 2.19. The lowest BCUT2D eigenvalue weighted by atomic mass is 9.94. The van der Waals surface area contributed by atoms with Gasteiger partial charge in [0.1, 0.15) is 11.3 Å². The summed E-state index contributed by atoms with van der Waals surface area (Å²) >= 11 is 0. The van der Waals surface area contributed by atoms with Gasteiger partial charge in [0.15, 0.2) is 0 Å². The minimum Gasteiger partial charge on any atom is -0.496 e. The van der Waals surface area contributed by atoms with Crippen molar-refractivity contribution in [2.75, 3.05) is 13.7 Å². The number of carbonyl (C=O) groups is 1. The van der Waals surface area contributed by atoms with E-state index in [4.69, 9.17) is 9.15 Å². The maximum absolute atomic E-state index is 12.0. The number of furan rings is 1. The van der Waals surface area contributed by atoms with Crippen LogP contribution in [0.2, 0.25) is 0 Å². The average molecular weight is 377 g/mol. The van der Waals surface area contributed by atoms with Gasteiger partial charge in [-0.05, 0) is 57.4 Å². The van der Waals surface area contributed by atoms with Crippen LogP contribution in [0.4, 0.5) is 0 Å². The Hall–Kier alpha value is -3.01. The zero-order valence-electron chi connectivity index (χ0n) is 17.4. The van der Waals surface area contributed by atoms with Crippen LogP contribution in [-0.2, 0) is 4.79 Å². The average Bonchev–Trinajstić information content (AvgIpc) is 3.05. The van der Waals surface area contributed by atoms with E-state index in [2.05, 4.69) is 43.4 Å². The number of benzene rings is 2. The van der Waals surface area contributed by atoms with Crippen LogP contribution in [0.3, 0.4) is 0 Å². The number of hydrogen-bond donors (Lipinski definition) is 1. The molecule has 0 saturated heterocycles. The van der Waals surface area contributed by atoms with Crippen molar-refractivity contribution in [2.45, 2.75) is 34.6 Å². The molecule has 0 spiro atoms. The predicted molar refractivity (Wildman–Crippen MR) is 115 cm³/mol. The molecule has 0 fully saturated rings. The quantitative estimate of drug-likeness (QED) is 0.591. The van der Waals surface area contributed by atoms with Crippen molar-refractivity contribution in [1.82, 2.24) is 5.32 Å². The molecule has 3 rings (SSSR count). The maximum atomic E-state index is 12.0. The molecule has 1 N–H and O–H groups in total. The van der Waals surface area contributed by atoms with Crippen molar-refractivity contribution < 1.29 is 13.9 Å². The molecule has 0 aliphatic carbocycles. The number of amides is 1. The first kappa shape index (κ1) is 19.7. The van der Waals surface area contributed by atoms with E-state index in [1.807, 2.05) is 20.8 Å². The fourth-order valence-electron chi connectivity index (χ4n) is 3.70. The lowest BCUT2D eigenvalue weighted by Crippen LogP contribution is -2.20. The van der Waals surface area contributed by atoms with E-state index in [-0.39, 0.29) is 5.91 Å². The second kappa shape index (κ2) is 7.93. The van der Waals surface area contributed by atoms with Gasteiger partial charge in [0, 0.05) is 34.7 Å². The van der Waals surface area contributed by atoms with Gasteiger partial charge in [0.2, 0.25) is 5.91 Å². The Morgan fingerprint density at radius 3 is 2.57 bits per heavy atom. The molecule has 0 radical (unpaired) electrons. The van der Waals surface area contributed by atoms with Crippen LogP contribution < -0.4 is 10.1 Å². The van der Waals surface area contributed by atoms with E-state index >= 15 is 0 Å². The monoisotopic (exact) mass is 377 g/mol. The molecular formula is C24H27NO3. The molecule has 0 saturated carbocycles. The Morgan fingerprint density at radius 2 is 1.93 bits per heavy atom. The standard InChI is InChI=1S/C24H27NO3/c1-7-25-22(26)11-16(4)19-12-20-21(18-9-8-14(2)10-15(18)3)13-28-24(20)17(5)23(19)27-6/h8-13H,7H2,1-6H3,(H,25,26)/b16-11+. The summed E-state index contributed by atoms with van der Waals surface area (Å²) in [6.45, 7) is 10.6. The van der Waals surface area contributed by atoms with E-state index in [1.54, 1.807) is 19.4 Å². The second-order valence-electron chi connectivity index (χ2n) is 7.15. The van der Waals surface area contributed by atoms with Gasteiger partial charge in [-0.1, -0.05) is 23.8 Å².